The molecule has 0 amide bonds. The van der Waals surface area contributed by atoms with Crippen molar-refractivity contribution in [3.8, 4) is 0 Å². The Balaban J connectivity index is 2.38. The zero-order valence-corrected chi connectivity index (χ0v) is 8.63. The van der Waals surface area contributed by atoms with Crippen LogP contribution in [-0.2, 0) is 9.59 Å². The number of carbonyl (C=O) groups is 2. The minimum Gasteiger partial charge on any atom is -0.300 e. The molecule has 0 unspecified atom stereocenters. The fourth-order valence-electron chi connectivity index (χ4n) is 1.60. The molecular formula is C12H18O2. The summed E-state index contributed by atoms with van der Waals surface area (Å²) in [5, 5.41) is 0. The van der Waals surface area contributed by atoms with E-state index < -0.39 is 0 Å². The minimum absolute atomic E-state index is 0.243. The van der Waals surface area contributed by atoms with Gasteiger partial charge in [-0.25, -0.2) is 0 Å². The van der Waals surface area contributed by atoms with Gasteiger partial charge < -0.3 is 0 Å². The summed E-state index contributed by atoms with van der Waals surface area (Å²) in [6.45, 7) is 0. The Morgan fingerprint density at radius 2 is 1.14 bits per heavy atom. The first-order valence-electron chi connectivity index (χ1n) is 5.47. The van der Waals surface area contributed by atoms with E-state index in [1.807, 2.05) is 0 Å². The number of hydrogen-bond donors (Lipinski definition) is 0. The summed E-state index contributed by atoms with van der Waals surface area (Å²) in [7, 11) is 0. The SMILES string of the molecule is O=C1CCC/C=C\CCCC(=O)CC1. The minimum atomic E-state index is 0.243. The zero-order valence-electron chi connectivity index (χ0n) is 8.63. The Hall–Kier alpha value is -0.920. The predicted molar refractivity (Wildman–Crippen MR) is 56.1 cm³/mol. The van der Waals surface area contributed by atoms with E-state index in [1.165, 1.54) is 0 Å². The van der Waals surface area contributed by atoms with Crippen LogP contribution in [0.4, 0.5) is 0 Å². The van der Waals surface area contributed by atoms with Gasteiger partial charge in [0.15, 0.2) is 0 Å². The molecule has 0 radical (unpaired) electrons. The molecule has 78 valence electrons. The molecule has 1 aliphatic rings. The molecule has 0 heterocycles. The van der Waals surface area contributed by atoms with Gasteiger partial charge in [0.25, 0.3) is 0 Å². The molecule has 14 heavy (non-hydrogen) atoms. The highest BCUT2D eigenvalue weighted by Crippen LogP contribution is 2.08. The molecule has 0 aliphatic heterocycles. The van der Waals surface area contributed by atoms with Crippen molar-refractivity contribution in [1.29, 1.82) is 0 Å². The van der Waals surface area contributed by atoms with E-state index in [2.05, 4.69) is 12.2 Å². The van der Waals surface area contributed by atoms with Gasteiger partial charge in [-0.05, 0) is 25.7 Å². The predicted octanol–water partition coefficient (Wildman–Crippen LogP) is 2.82. The molecule has 2 nitrogen and oxygen atoms in total. The molecule has 1 rings (SSSR count). The molecule has 0 spiro atoms. The van der Waals surface area contributed by atoms with Crippen molar-refractivity contribution in [3.05, 3.63) is 12.2 Å². The van der Waals surface area contributed by atoms with E-state index in [0.717, 1.165) is 25.7 Å². The molecule has 0 aromatic carbocycles. The molecule has 0 bridgehead atoms. The highest BCUT2D eigenvalue weighted by Gasteiger charge is 2.07. The molecule has 0 aromatic rings. The Morgan fingerprint density at radius 3 is 1.57 bits per heavy atom. The number of allylic oxidation sites excluding steroid dienone is 2. The first-order chi connectivity index (χ1) is 6.79. The van der Waals surface area contributed by atoms with Gasteiger partial charge in [0, 0.05) is 25.7 Å². The van der Waals surface area contributed by atoms with Crippen molar-refractivity contribution in [2.45, 2.75) is 51.4 Å². The Bertz CT molecular complexity index is 204. The Labute approximate surface area is 85.4 Å². The Kier molecular flexibility index (Phi) is 5.20. The molecular weight excluding hydrogens is 176 g/mol. The summed E-state index contributed by atoms with van der Waals surface area (Å²) in [4.78, 5) is 22.5. The monoisotopic (exact) mass is 194 g/mol. The normalized spacial score (nSPS) is 23.7. The Morgan fingerprint density at radius 1 is 0.714 bits per heavy atom. The first-order valence-corrected chi connectivity index (χ1v) is 5.47. The van der Waals surface area contributed by atoms with Gasteiger partial charge in [0.2, 0.25) is 0 Å². The average Bonchev–Trinajstić information content (AvgIpc) is 2.17. The molecule has 2 heteroatoms. The van der Waals surface area contributed by atoms with E-state index in [4.69, 9.17) is 0 Å². The molecule has 0 aromatic heterocycles. The van der Waals surface area contributed by atoms with Crippen LogP contribution in [-0.4, -0.2) is 11.6 Å². The van der Waals surface area contributed by atoms with Crippen molar-refractivity contribution in [1.82, 2.24) is 0 Å². The molecule has 0 atom stereocenters. The van der Waals surface area contributed by atoms with Crippen molar-refractivity contribution in [2.75, 3.05) is 0 Å². The fourth-order valence-corrected chi connectivity index (χ4v) is 1.60. The lowest BCUT2D eigenvalue weighted by atomic mass is 10.0. The number of carbonyl (C=O) groups excluding carboxylic acids is 2. The molecule has 0 saturated carbocycles. The van der Waals surface area contributed by atoms with Crippen molar-refractivity contribution in [3.63, 3.8) is 0 Å². The lowest BCUT2D eigenvalue weighted by Gasteiger charge is -2.02. The van der Waals surface area contributed by atoms with Crippen LogP contribution in [0.1, 0.15) is 51.4 Å². The number of rotatable bonds is 0. The second-order valence-electron chi connectivity index (χ2n) is 3.83. The third-order valence-corrected chi connectivity index (χ3v) is 2.50. The van der Waals surface area contributed by atoms with Crippen LogP contribution in [0, 0.1) is 0 Å². The van der Waals surface area contributed by atoms with E-state index in [1.54, 1.807) is 0 Å². The second kappa shape index (κ2) is 6.52. The summed E-state index contributed by atoms with van der Waals surface area (Å²) in [6, 6.07) is 0. The highest BCUT2D eigenvalue weighted by molar-refractivity contribution is 5.85. The fraction of sp³-hybridized carbons (Fsp3) is 0.667. The lowest BCUT2D eigenvalue weighted by molar-refractivity contribution is -0.124. The average molecular weight is 194 g/mol. The van der Waals surface area contributed by atoms with Crippen LogP contribution >= 0.6 is 0 Å². The number of ketones is 2. The highest BCUT2D eigenvalue weighted by atomic mass is 16.1. The molecule has 1 aliphatic carbocycles. The first kappa shape index (κ1) is 11.2. The van der Waals surface area contributed by atoms with Crippen LogP contribution < -0.4 is 0 Å². The van der Waals surface area contributed by atoms with Gasteiger partial charge in [-0.2, -0.15) is 0 Å². The maximum absolute atomic E-state index is 11.3. The van der Waals surface area contributed by atoms with Gasteiger partial charge in [0.05, 0.1) is 0 Å². The van der Waals surface area contributed by atoms with Gasteiger partial charge in [-0.3, -0.25) is 9.59 Å². The van der Waals surface area contributed by atoms with Gasteiger partial charge >= 0.3 is 0 Å². The second-order valence-corrected chi connectivity index (χ2v) is 3.83. The summed E-state index contributed by atoms with van der Waals surface area (Å²) in [6.07, 6.45) is 10.3. The third-order valence-electron chi connectivity index (χ3n) is 2.50. The largest absolute Gasteiger partial charge is 0.300 e. The summed E-state index contributed by atoms with van der Waals surface area (Å²) in [5.41, 5.74) is 0. The van der Waals surface area contributed by atoms with Crippen LogP contribution in [0.15, 0.2) is 12.2 Å². The van der Waals surface area contributed by atoms with E-state index >= 15 is 0 Å². The van der Waals surface area contributed by atoms with Crippen LogP contribution in [0.3, 0.4) is 0 Å². The standard InChI is InChI=1S/C12H18O2/c13-11-7-5-3-1-2-4-6-8-12(14)10-9-11/h1-2H,3-10H2/b2-1-. The summed E-state index contributed by atoms with van der Waals surface area (Å²) in [5.74, 6) is 0.486. The third kappa shape index (κ3) is 4.95. The van der Waals surface area contributed by atoms with Crippen molar-refractivity contribution in [2.24, 2.45) is 0 Å². The smallest absolute Gasteiger partial charge is 0.133 e. The molecule has 0 saturated heterocycles. The van der Waals surface area contributed by atoms with Crippen molar-refractivity contribution >= 4 is 11.6 Å². The maximum Gasteiger partial charge on any atom is 0.133 e. The van der Waals surface area contributed by atoms with Gasteiger partial charge in [-0.15, -0.1) is 0 Å². The van der Waals surface area contributed by atoms with Gasteiger partial charge in [0.1, 0.15) is 11.6 Å². The zero-order chi connectivity index (χ0) is 10.2. The van der Waals surface area contributed by atoms with E-state index in [0.29, 0.717) is 25.7 Å². The summed E-state index contributed by atoms with van der Waals surface area (Å²) >= 11 is 0. The topological polar surface area (TPSA) is 34.1 Å². The van der Waals surface area contributed by atoms with Gasteiger partial charge in [-0.1, -0.05) is 12.2 Å². The number of Topliss-reactive ketones (excluding diaryl/α,β-unsaturated/α-hetero) is 2. The van der Waals surface area contributed by atoms with Crippen LogP contribution in [0.2, 0.25) is 0 Å². The molecule has 0 fully saturated rings. The molecule has 0 N–H and O–H groups in total. The lowest BCUT2D eigenvalue weighted by Crippen LogP contribution is -2.04. The van der Waals surface area contributed by atoms with Crippen LogP contribution in [0.25, 0.3) is 0 Å². The summed E-state index contributed by atoms with van der Waals surface area (Å²) < 4.78 is 0. The maximum atomic E-state index is 11.3. The van der Waals surface area contributed by atoms with E-state index in [-0.39, 0.29) is 11.6 Å². The quantitative estimate of drug-likeness (QED) is 0.556. The van der Waals surface area contributed by atoms with E-state index in [9.17, 15) is 9.59 Å². The van der Waals surface area contributed by atoms with Crippen LogP contribution in [0.5, 0.6) is 0 Å². The van der Waals surface area contributed by atoms with Crippen molar-refractivity contribution < 1.29 is 9.59 Å². The number of hydrogen-bond acceptors (Lipinski definition) is 2.